The van der Waals surface area contributed by atoms with Crippen LogP contribution < -0.4 is 5.32 Å². The lowest BCUT2D eigenvalue weighted by Crippen LogP contribution is -2.39. The minimum atomic E-state index is 0.00676. The topological polar surface area (TPSA) is 41.6 Å². The molecular weight excluding hydrogens is 300 g/mol. The third kappa shape index (κ3) is 3.15. The number of carbonyl (C=O) groups excluding carboxylic acids is 1. The van der Waals surface area contributed by atoms with Crippen LogP contribution in [0.15, 0.2) is 48.5 Å². The number of anilines is 1. The molecule has 1 fully saturated rings. The summed E-state index contributed by atoms with van der Waals surface area (Å²) in [6.45, 7) is 2.14. The molecule has 2 aromatic carbocycles. The molecule has 0 aromatic heterocycles. The van der Waals surface area contributed by atoms with Gasteiger partial charge in [0.05, 0.1) is 13.2 Å². The molecule has 1 saturated heterocycles. The lowest BCUT2D eigenvalue weighted by Gasteiger charge is -2.25. The summed E-state index contributed by atoms with van der Waals surface area (Å²) in [5, 5.41) is 3.06. The van der Waals surface area contributed by atoms with Gasteiger partial charge in [0, 0.05) is 18.3 Å². The summed E-state index contributed by atoms with van der Waals surface area (Å²) in [5.74, 6) is 0. The van der Waals surface area contributed by atoms with Crippen molar-refractivity contribution in [1.82, 2.24) is 4.90 Å². The molecule has 0 aliphatic carbocycles. The third-order valence-electron chi connectivity index (χ3n) is 4.92. The van der Waals surface area contributed by atoms with Gasteiger partial charge < -0.3 is 15.0 Å². The van der Waals surface area contributed by atoms with Crippen molar-refractivity contribution in [3.63, 3.8) is 0 Å². The number of carbonyl (C=O) groups is 1. The number of urea groups is 1. The average Bonchev–Trinajstić information content (AvgIpc) is 3.24. The van der Waals surface area contributed by atoms with E-state index in [9.17, 15) is 4.79 Å². The van der Waals surface area contributed by atoms with Crippen molar-refractivity contribution in [2.24, 2.45) is 0 Å². The van der Waals surface area contributed by atoms with Crippen LogP contribution in [0.5, 0.6) is 0 Å². The molecule has 4 rings (SSSR count). The van der Waals surface area contributed by atoms with Crippen molar-refractivity contribution < 1.29 is 9.53 Å². The molecule has 0 radical (unpaired) electrons. The second-order valence-electron chi connectivity index (χ2n) is 6.59. The number of nitrogens with one attached hydrogen (secondary N) is 1. The van der Waals surface area contributed by atoms with Gasteiger partial charge in [0.2, 0.25) is 0 Å². The van der Waals surface area contributed by atoms with E-state index in [0.717, 1.165) is 31.5 Å². The Bertz CT molecular complexity index is 730. The standard InChI is InChI=1S/C20H22N2O2/c23-20(21-18-9-8-16-13-24-14-17(16)12-18)22-10-4-7-19(22)11-15-5-2-1-3-6-15/h1-3,5-6,8-9,12,19H,4,7,10-11,13-14H2,(H,21,23)/t19-/m0/s1. The predicted molar refractivity (Wildman–Crippen MR) is 93.8 cm³/mol. The van der Waals surface area contributed by atoms with Gasteiger partial charge in [-0.05, 0) is 48.1 Å². The first-order chi connectivity index (χ1) is 11.8. The van der Waals surface area contributed by atoms with Gasteiger partial charge in [-0.1, -0.05) is 36.4 Å². The minimum absolute atomic E-state index is 0.00676. The smallest absolute Gasteiger partial charge is 0.322 e. The van der Waals surface area contributed by atoms with E-state index in [1.807, 2.05) is 29.2 Å². The Morgan fingerprint density at radius 1 is 1.12 bits per heavy atom. The number of likely N-dealkylation sites (tertiary alicyclic amines) is 1. The summed E-state index contributed by atoms with van der Waals surface area (Å²) < 4.78 is 5.44. The molecule has 0 bridgehead atoms. The fraction of sp³-hybridized carbons (Fsp3) is 0.350. The number of amides is 2. The fourth-order valence-electron chi connectivity index (χ4n) is 3.65. The summed E-state index contributed by atoms with van der Waals surface area (Å²) in [6.07, 6.45) is 3.07. The Labute approximate surface area is 142 Å². The van der Waals surface area contributed by atoms with Gasteiger partial charge in [-0.3, -0.25) is 0 Å². The highest BCUT2D eigenvalue weighted by atomic mass is 16.5. The van der Waals surface area contributed by atoms with Gasteiger partial charge in [-0.2, -0.15) is 0 Å². The molecule has 0 saturated carbocycles. The van der Waals surface area contributed by atoms with Crippen LogP contribution in [0.2, 0.25) is 0 Å². The highest BCUT2D eigenvalue weighted by molar-refractivity contribution is 5.90. The van der Waals surface area contributed by atoms with Gasteiger partial charge in [-0.25, -0.2) is 4.79 Å². The molecular formula is C20H22N2O2. The van der Waals surface area contributed by atoms with E-state index in [-0.39, 0.29) is 12.1 Å². The molecule has 124 valence electrons. The second kappa shape index (κ2) is 6.65. The van der Waals surface area contributed by atoms with Crippen LogP contribution in [-0.2, 0) is 24.4 Å². The predicted octanol–water partition coefficient (Wildman–Crippen LogP) is 3.96. The van der Waals surface area contributed by atoms with Gasteiger partial charge in [-0.15, -0.1) is 0 Å². The zero-order valence-corrected chi connectivity index (χ0v) is 13.7. The molecule has 4 heteroatoms. The van der Waals surface area contributed by atoms with E-state index >= 15 is 0 Å². The molecule has 2 aliphatic heterocycles. The van der Waals surface area contributed by atoms with Gasteiger partial charge >= 0.3 is 6.03 Å². The van der Waals surface area contributed by atoms with Crippen molar-refractivity contribution in [1.29, 1.82) is 0 Å². The van der Waals surface area contributed by atoms with Crippen molar-refractivity contribution in [2.75, 3.05) is 11.9 Å². The SMILES string of the molecule is O=C(Nc1ccc2c(c1)COC2)N1CCC[C@H]1Cc1ccccc1. The monoisotopic (exact) mass is 322 g/mol. The number of hydrogen-bond donors (Lipinski definition) is 1. The summed E-state index contributed by atoms with van der Waals surface area (Å²) in [5.41, 5.74) is 4.54. The van der Waals surface area contributed by atoms with Crippen LogP contribution in [0.3, 0.4) is 0 Å². The Hall–Kier alpha value is -2.33. The first kappa shape index (κ1) is 15.2. The molecule has 24 heavy (non-hydrogen) atoms. The number of benzene rings is 2. The number of fused-ring (bicyclic) bond motifs is 1. The molecule has 2 aromatic rings. The quantitative estimate of drug-likeness (QED) is 0.929. The third-order valence-corrected chi connectivity index (χ3v) is 4.92. The highest BCUT2D eigenvalue weighted by Crippen LogP contribution is 2.25. The lowest BCUT2D eigenvalue weighted by molar-refractivity contribution is 0.134. The lowest BCUT2D eigenvalue weighted by atomic mass is 10.0. The Kier molecular flexibility index (Phi) is 4.22. The zero-order chi connectivity index (χ0) is 16.4. The maximum absolute atomic E-state index is 12.7. The molecule has 1 atom stereocenters. The summed E-state index contributed by atoms with van der Waals surface area (Å²) >= 11 is 0. The Balaban J connectivity index is 1.43. The molecule has 0 spiro atoms. The van der Waals surface area contributed by atoms with Gasteiger partial charge in [0.25, 0.3) is 0 Å². The fourth-order valence-corrected chi connectivity index (χ4v) is 3.65. The Morgan fingerprint density at radius 2 is 1.96 bits per heavy atom. The summed E-state index contributed by atoms with van der Waals surface area (Å²) in [7, 11) is 0. The van der Waals surface area contributed by atoms with E-state index in [0.29, 0.717) is 13.2 Å². The number of hydrogen-bond acceptors (Lipinski definition) is 2. The van der Waals surface area contributed by atoms with E-state index in [2.05, 4.69) is 29.6 Å². The van der Waals surface area contributed by atoms with Crippen molar-refractivity contribution in [3.8, 4) is 0 Å². The molecule has 2 amide bonds. The van der Waals surface area contributed by atoms with E-state index in [1.54, 1.807) is 0 Å². The number of nitrogens with zero attached hydrogens (tertiary/aromatic N) is 1. The van der Waals surface area contributed by atoms with E-state index < -0.39 is 0 Å². The Morgan fingerprint density at radius 3 is 2.83 bits per heavy atom. The van der Waals surface area contributed by atoms with Gasteiger partial charge in [0.15, 0.2) is 0 Å². The van der Waals surface area contributed by atoms with Crippen LogP contribution >= 0.6 is 0 Å². The van der Waals surface area contributed by atoms with E-state index in [1.165, 1.54) is 16.7 Å². The van der Waals surface area contributed by atoms with Crippen molar-refractivity contribution in [3.05, 3.63) is 65.2 Å². The first-order valence-corrected chi connectivity index (χ1v) is 8.61. The number of ether oxygens (including phenoxy) is 1. The first-order valence-electron chi connectivity index (χ1n) is 8.61. The van der Waals surface area contributed by atoms with Crippen LogP contribution in [0, 0.1) is 0 Å². The summed E-state index contributed by atoms with van der Waals surface area (Å²) in [4.78, 5) is 14.7. The maximum Gasteiger partial charge on any atom is 0.322 e. The van der Waals surface area contributed by atoms with Crippen molar-refractivity contribution in [2.45, 2.75) is 38.5 Å². The molecule has 2 heterocycles. The summed E-state index contributed by atoms with van der Waals surface area (Å²) in [6, 6.07) is 16.7. The molecule has 2 aliphatic rings. The van der Waals surface area contributed by atoms with Gasteiger partial charge in [0.1, 0.15) is 0 Å². The van der Waals surface area contributed by atoms with Crippen molar-refractivity contribution >= 4 is 11.7 Å². The molecule has 1 N–H and O–H groups in total. The minimum Gasteiger partial charge on any atom is -0.372 e. The number of rotatable bonds is 3. The second-order valence-corrected chi connectivity index (χ2v) is 6.59. The van der Waals surface area contributed by atoms with Crippen LogP contribution in [0.4, 0.5) is 10.5 Å². The molecule has 0 unspecified atom stereocenters. The largest absolute Gasteiger partial charge is 0.372 e. The van der Waals surface area contributed by atoms with Crippen LogP contribution in [-0.4, -0.2) is 23.5 Å². The molecule has 4 nitrogen and oxygen atoms in total. The highest BCUT2D eigenvalue weighted by Gasteiger charge is 2.29. The van der Waals surface area contributed by atoms with Crippen LogP contribution in [0.25, 0.3) is 0 Å². The van der Waals surface area contributed by atoms with E-state index in [4.69, 9.17) is 4.74 Å². The maximum atomic E-state index is 12.7. The zero-order valence-electron chi connectivity index (χ0n) is 13.7. The normalized spacial score (nSPS) is 19.3. The van der Waals surface area contributed by atoms with Crippen LogP contribution in [0.1, 0.15) is 29.5 Å². The average molecular weight is 322 g/mol.